The fourth-order valence-electron chi connectivity index (χ4n) is 2.53. The summed E-state index contributed by atoms with van der Waals surface area (Å²) in [5.74, 6) is 0.782. The topological polar surface area (TPSA) is 62.0 Å². The number of hydrogen-bond donors (Lipinski definition) is 1. The van der Waals surface area contributed by atoms with Gasteiger partial charge in [0.2, 0.25) is 0 Å². The van der Waals surface area contributed by atoms with Crippen molar-refractivity contribution in [1.29, 1.82) is 0 Å². The largest absolute Gasteiger partial charge is 0.467 e. The Balaban J connectivity index is 1.33. The summed E-state index contributed by atoms with van der Waals surface area (Å²) in [6.07, 6.45) is 2.99. The molecule has 1 aliphatic rings. The molecule has 3 heterocycles. The van der Waals surface area contributed by atoms with Crippen LogP contribution in [0.1, 0.15) is 5.76 Å². The van der Waals surface area contributed by atoms with Crippen LogP contribution in [0.15, 0.2) is 34.4 Å². The minimum Gasteiger partial charge on any atom is -0.467 e. The number of aromatic nitrogens is 1. The van der Waals surface area contributed by atoms with Crippen LogP contribution in [-0.4, -0.2) is 60.4 Å². The maximum absolute atomic E-state index is 10.1. The lowest BCUT2D eigenvalue weighted by Gasteiger charge is -2.35. The van der Waals surface area contributed by atoms with Gasteiger partial charge in [-0.25, -0.2) is 4.98 Å². The van der Waals surface area contributed by atoms with Crippen molar-refractivity contribution in [1.82, 2.24) is 9.88 Å². The van der Waals surface area contributed by atoms with E-state index in [-0.39, 0.29) is 0 Å². The van der Waals surface area contributed by atoms with E-state index >= 15 is 0 Å². The Labute approximate surface area is 133 Å². The fourth-order valence-corrected chi connectivity index (χ4v) is 3.23. The van der Waals surface area contributed by atoms with Gasteiger partial charge in [0.1, 0.15) is 12.4 Å². The molecule has 0 saturated carbocycles. The Morgan fingerprint density at radius 3 is 2.91 bits per heavy atom. The van der Waals surface area contributed by atoms with Crippen LogP contribution in [0.4, 0.5) is 5.13 Å². The molecule has 1 saturated heterocycles. The van der Waals surface area contributed by atoms with E-state index in [2.05, 4.69) is 14.8 Å². The fraction of sp³-hybridized carbons (Fsp3) is 0.533. The molecular formula is C15H21N3O3S. The summed E-state index contributed by atoms with van der Waals surface area (Å²) in [6, 6.07) is 3.70. The Kier molecular flexibility index (Phi) is 5.44. The standard InChI is InChI=1S/C15H21N3O3S/c19-13(11-20-12-14-2-1-8-21-14)10-17-4-6-18(7-5-17)15-16-3-9-22-15/h1-3,8-9,13,19H,4-7,10-12H2. The van der Waals surface area contributed by atoms with Crippen LogP contribution < -0.4 is 4.90 Å². The molecule has 7 heteroatoms. The number of thiazole rings is 1. The molecule has 120 valence electrons. The number of anilines is 1. The average Bonchev–Trinajstić information content (AvgIpc) is 3.21. The van der Waals surface area contributed by atoms with Gasteiger partial charge in [-0.1, -0.05) is 0 Å². The van der Waals surface area contributed by atoms with Gasteiger partial charge in [-0.2, -0.15) is 0 Å². The molecule has 1 fully saturated rings. The van der Waals surface area contributed by atoms with Gasteiger partial charge in [0, 0.05) is 44.3 Å². The number of rotatable bonds is 7. The number of piperazine rings is 1. The summed E-state index contributed by atoms with van der Waals surface area (Å²) in [5.41, 5.74) is 0. The monoisotopic (exact) mass is 323 g/mol. The van der Waals surface area contributed by atoms with Crippen LogP contribution in [0.25, 0.3) is 0 Å². The zero-order valence-electron chi connectivity index (χ0n) is 12.4. The normalized spacial score (nSPS) is 17.8. The summed E-state index contributed by atoms with van der Waals surface area (Å²) in [6.45, 7) is 5.16. The average molecular weight is 323 g/mol. The third-order valence-corrected chi connectivity index (χ3v) is 4.50. The maximum Gasteiger partial charge on any atom is 0.185 e. The van der Waals surface area contributed by atoms with Crippen LogP contribution in [0.5, 0.6) is 0 Å². The number of aliphatic hydroxyl groups is 1. The highest BCUT2D eigenvalue weighted by Gasteiger charge is 2.20. The molecule has 0 radical (unpaired) electrons. The van der Waals surface area contributed by atoms with E-state index in [1.54, 1.807) is 17.6 Å². The first-order valence-electron chi connectivity index (χ1n) is 7.46. The van der Waals surface area contributed by atoms with E-state index in [4.69, 9.17) is 9.15 Å². The molecule has 2 aromatic rings. The van der Waals surface area contributed by atoms with Gasteiger partial charge < -0.3 is 19.2 Å². The Morgan fingerprint density at radius 1 is 1.36 bits per heavy atom. The van der Waals surface area contributed by atoms with Gasteiger partial charge in [-0.05, 0) is 12.1 Å². The van der Waals surface area contributed by atoms with E-state index < -0.39 is 6.10 Å². The first-order chi connectivity index (χ1) is 10.8. The maximum atomic E-state index is 10.1. The predicted octanol–water partition coefficient (Wildman–Crippen LogP) is 1.44. The highest BCUT2D eigenvalue weighted by molar-refractivity contribution is 7.13. The molecule has 0 aromatic carbocycles. The molecule has 3 rings (SSSR count). The second kappa shape index (κ2) is 7.73. The third-order valence-electron chi connectivity index (χ3n) is 3.67. The van der Waals surface area contributed by atoms with Gasteiger partial charge in [0.05, 0.1) is 19.0 Å². The van der Waals surface area contributed by atoms with Crippen molar-refractivity contribution in [3.05, 3.63) is 35.7 Å². The zero-order valence-corrected chi connectivity index (χ0v) is 13.2. The van der Waals surface area contributed by atoms with Crippen molar-refractivity contribution in [2.75, 3.05) is 44.2 Å². The predicted molar refractivity (Wildman–Crippen MR) is 85.1 cm³/mol. The van der Waals surface area contributed by atoms with Crippen LogP contribution in [-0.2, 0) is 11.3 Å². The quantitative estimate of drug-likeness (QED) is 0.832. The molecule has 1 aliphatic heterocycles. The van der Waals surface area contributed by atoms with Gasteiger partial charge in [-0.3, -0.25) is 4.90 Å². The molecule has 1 atom stereocenters. The molecule has 6 nitrogen and oxygen atoms in total. The van der Waals surface area contributed by atoms with Crippen LogP contribution >= 0.6 is 11.3 Å². The molecule has 22 heavy (non-hydrogen) atoms. The van der Waals surface area contributed by atoms with Crippen molar-refractivity contribution >= 4 is 16.5 Å². The van der Waals surface area contributed by atoms with Crippen LogP contribution in [0, 0.1) is 0 Å². The highest BCUT2D eigenvalue weighted by atomic mass is 32.1. The first kappa shape index (κ1) is 15.5. The van der Waals surface area contributed by atoms with Gasteiger partial charge in [-0.15, -0.1) is 11.3 Å². The van der Waals surface area contributed by atoms with Gasteiger partial charge >= 0.3 is 0 Å². The molecule has 0 bridgehead atoms. The molecule has 0 aliphatic carbocycles. The summed E-state index contributed by atoms with van der Waals surface area (Å²) in [7, 11) is 0. The van der Waals surface area contributed by atoms with Gasteiger partial charge in [0.15, 0.2) is 5.13 Å². The zero-order chi connectivity index (χ0) is 15.2. The van der Waals surface area contributed by atoms with E-state index in [1.165, 1.54) is 0 Å². The van der Waals surface area contributed by atoms with Crippen LogP contribution in [0.2, 0.25) is 0 Å². The van der Waals surface area contributed by atoms with Gasteiger partial charge in [0.25, 0.3) is 0 Å². The molecule has 0 amide bonds. The van der Waals surface area contributed by atoms with Crippen molar-refractivity contribution in [3.63, 3.8) is 0 Å². The minimum absolute atomic E-state index is 0.327. The van der Waals surface area contributed by atoms with E-state index in [0.717, 1.165) is 37.1 Å². The summed E-state index contributed by atoms with van der Waals surface area (Å²) in [5, 5.41) is 13.1. The summed E-state index contributed by atoms with van der Waals surface area (Å²) < 4.78 is 10.7. The van der Waals surface area contributed by atoms with Crippen molar-refractivity contribution in [2.45, 2.75) is 12.7 Å². The highest BCUT2D eigenvalue weighted by Crippen LogP contribution is 2.18. The lowest BCUT2D eigenvalue weighted by atomic mass is 10.3. The van der Waals surface area contributed by atoms with E-state index in [9.17, 15) is 5.11 Å². The van der Waals surface area contributed by atoms with Crippen LogP contribution in [0.3, 0.4) is 0 Å². The number of nitrogens with zero attached hydrogens (tertiary/aromatic N) is 3. The number of hydrogen-bond acceptors (Lipinski definition) is 7. The molecule has 0 spiro atoms. The lowest BCUT2D eigenvalue weighted by molar-refractivity contribution is 0.00442. The SMILES string of the molecule is OC(COCc1ccco1)CN1CCN(c2nccs2)CC1. The Bertz CT molecular complexity index is 524. The molecule has 2 aromatic heterocycles. The summed E-state index contributed by atoms with van der Waals surface area (Å²) in [4.78, 5) is 8.90. The minimum atomic E-state index is -0.471. The third kappa shape index (κ3) is 4.30. The summed E-state index contributed by atoms with van der Waals surface area (Å²) >= 11 is 1.67. The van der Waals surface area contributed by atoms with E-state index in [0.29, 0.717) is 19.8 Å². The first-order valence-corrected chi connectivity index (χ1v) is 8.34. The second-order valence-corrected chi connectivity index (χ2v) is 6.22. The molecular weight excluding hydrogens is 302 g/mol. The second-order valence-electron chi connectivity index (χ2n) is 5.35. The number of furan rings is 1. The van der Waals surface area contributed by atoms with Crippen molar-refractivity contribution in [2.24, 2.45) is 0 Å². The Hall–Kier alpha value is -1.41. The lowest BCUT2D eigenvalue weighted by Crippen LogP contribution is -2.49. The van der Waals surface area contributed by atoms with E-state index in [1.807, 2.05) is 23.7 Å². The molecule has 1 N–H and O–H groups in total. The number of ether oxygens (including phenoxy) is 1. The van der Waals surface area contributed by atoms with Crippen molar-refractivity contribution < 1.29 is 14.3 Å². The number of aliphatic hydroxyl groups excluding tert-OH is 1. The van der Waals surface area contributed by atoms with Crippen molar-refractivity contribution in [3.8, 4) is 0 Å². The number of β-amino-alcohol motifs (C(OH)–C–C–N with tert-alkyl or cyclic N) is 1. The smallest absolute Gasteiger partial charge is 0.185 e. The molecule has 1 unspecified atom stereocenters. The Morgan fingerprint density at radius 2 is 2.23 bits per heavy atom.